The fourth-order valence-corrected chi connectivity index (χ4v) is 4.20. The molecule has 0 rings (SSSR count). The van der Waals surface area contributed by atoms with Crippen molar-refractivity contribution in [3.63, 3.8) is 0 Å². The number of rotatable bonds is 21. The smallest absolute Gasteiger partial charge is 0.747 e. The van der Waals surface area contributed by atoms with Crippen LogP contribution in [0.5, 0.6) is 0 Å². The molecule has 41 heavy (non-hydrogen) atoms. The Morgan fingerprint density at radius 2 is 1.10 bits per heavy atom. The molecular weight excluding hydrogens is 567 g/mol. The largest absolute Gasteiger partial charge is 1.00 e. The minimum Gasteiger partial charge on any atom is -0.747 e. The molecule has 0 aromatic rings. The summed E-state index contributed by atoms with van der Waals surface area (Å²) in [6.07, 6.45) is 8.66. The molecule has 0 saturated carbocycles. The first-order chi connectivity index (χ1) is 18.9. The van der Waals surface area contributed by atoms with Crippen LogP contribution in [0.1, 0.15) is 111 Å². The van der Waals surface area contributed by atoms with Crippen LogP contribution in [0.25, 0.3) is 0 Å². The molecular formula is C28H51NaO11S. The maximum atomic E-state index is 12.1. The Labute approximate surface area is 269 Å². The third-order valence-electron chi connectivity index (χ3n) is 6.46. The molecule has 0 fully saturated rings. The summed E-state index contributed by atoms with van der Waals surface area (Å²) in [5.74, 6) is -2.22. The maximum absolute atomic E-state index is 12.1. The van der Waals surface area contributed by atoms with Gasteiger partial charge in [-0.3, -0.25) is 19.2 Å². The van der Waals surface area contributed by atoms with Gasteiger partial charge in [0.2, 0.25) is 0 Å². The second-order valence-corrected chi connectivity index (χ2v) is 11.2. The zero-order valence-corrected chi connectivity index (χ0v) is 29.1. The van der Waals surface area contributed by atoms with Crippen molar-refractivity contribution in [3.8, 4) is 0 Å². The van der Waals surface area contributed by atoms with Crippen LogP contribution in [-0.2, 0) is 48.2 Å². The predicted octanol–water partition coefficient (Wildman–Crippen LogP) is 1.71. The van der Waals surface area contributed by atoms with Crippen molar-refractivity contribution < 1.29 is 80.7 Å². The second kappa shape index (κ2) is 27.6. The minimum atomic E-state index is -5.01. The van der Waals surface area contributed by atoms with Gasteiger partial charge in [0, 0.05) is 12.8 Å². The van der Waals surface area contributed by atoms with Crippen LogP contribution in [0, 0.1) is 11.8 Å². The minimum absolute atomic E-state index is 0. The Kier molecular flexibility index (Phi) is 29.8. The Hall–Kier alpha value is -1.21. The molecule has 0 saturated heterocycles. The van der Waals surface area contributed by atoms with Gasteiger partial charge in [-0.1, -0.05) is 66.2 Å². The van der Waals surface area contributed by atoms with Gasteiger partial charge in [-0.25, -0.2) is 8.42 Å². The normalized spacial score (nSPS) is 12.9. The van der Waals surface area contributed by atoms with E-state index in [1.54, 1.807) is 0 Å². The van der Waals surface area contributed by atoms with Crippen molar-refractivity contribution in [1.82, 2.24) is 0 Å². The van der Waals surface area contributed by atoms with E-state index < -0.39 is 33.7 Å². The van der Waals surface area contributed by atoms with Crippen molar-refractivity contribution in [1.29, 1.82) is 0 Å². The van der Waals surface area contributed by atoms with E-state index in [4.69, 9.17) is 9.47 Å². The third kappa shape index (κ3) is 25.0. The summed E-state index contributed by atoms with van der Waals surface area (Å²) in [5.41, 5.74) is 0. The Morgan fingerprint density at radius 1 is 0.683 bits per heavy atom. The van der Waals surface area contributed by atoms with Crippen LogP contribution in [0.15, 0.2) is 0 Å². The van der Waals surface area contributed by atoms with Gasteiger partial charge in [0.05, 0.1) is 33.9 Å². The summed E-state index contributed by atoms with van der Waals surface area (Å²) in [6.45, 7) is 8.26. The second-order valence-electron chi connectivity index (χ2n) is 9.69. The average Bonchev–Trinajstić information content (AvgIpc) is 2.93. The Morgan fingerprint density at radius 3 is 1.44 bits per heavy atom. The maximum Gasteiger partial charge on any atom is 1.00 e. The van der Waals surface area contributed by atoms with Crippen LogP contribution in [0.2, 0.25) is 0 Å². The molecule has 0 aliphatic carbocycles. The Balaban J connectivity index is -0.000000933. The predicted molar refractivity (Wildman–Crippen MR) is 149 cm³/mol. The van der Waals surface area contributed by atoms with Crippen LogP contribution in [0.4, 0.5) is 0 Å². The molecule has 3 unspecified atom stereocenters. The number of unbranched alkanes of at least 4 members (excludes halogenated alkanes) is 3. The van der Waals surface area contributed by atoms with Gasteiger partial charge < -0.3 is 23.5 Å². The van der Waals surface area contributed by atoms with Crippen molar-refractivity contribution >= 4 is 34.0 Å². The average molecular weight is 619 g/mol. The number of esters is 4. The van der Waals surface area contributed by atoms with Crippen molar-refractivity contribution in [2.24, 2.45) is 11.8 Å². The molecule has 11 nitrogen and oxygen atoms in total. The zero-order chi connectivity index (χ0) is 31.0. The van der Waals surface area contributed by atoms with Crippen LogP contribution < -0.4 is 29.6 Å². The third-order valence-corrected chi connectivity index (χ3v) is 7.51. The monoisotopic (exact) mass is 618 g/mol. The molecule has 236 valence electrons. The molecule has 0 aliphatic heterocycles. The summed E-state index contributed by atoms with van der Waals surface area (Å²) in [7, 11) is -2.31. The zero-order valence-electron chi connectivity index (χ0n) is 26.2. The summed E-state index contributed by atoms with van der Waals surface area (Å²) in [5, 5.41) is -2.06. The van der Waals surface area contributed by atoms with E-state index in [1.807, 2.05) is 13.8 Å². The standard InChI is InChI=1S/C20H38O7S.C8H14O4.Na/c1-5-9-11-16(7-3)14-26-19(21)13-18(28(23,24)25)20(22)27-15-17(8-4)12-10-6-2;1-11-7(9)5-3-4-6-8(10)12-2;/h16-18H,5-15H2,1-4H3,(H,23,24,25);3-6H2,1-2H3;/q;;+1/p-1. The summed E-state index contributed by atoms with van der Waals surface area (Å²) in [6, 6.07) is 0. The van der Waals surface area contributed by atoms with Gasteiger partial charge in [-0.15, -0.1) is 0 Å². The van der Waals surface area contributed by atoms with Crippen LogP contribution in [-0.4, -0.2) is 69.5 Å². The van der Waals surface area contributed by atoms with Crippen molar-refractivity contribution in [2.75, 3.05) is 27.4 Å². The van der Waals surface area contributed by atoms with Crippen LogP contribution in [0.3, 0.4) is 0 Å². The molecule has 0 aromatic heterocycles. The number of carbonyl (C=O) groups is 4. The Bertz CT molecular complexity index is 800. The first kappa shape index (κ1) is 44.2. The first-order valence-corrected chi connectivity index (χ1v) is 15.8. The molecule has 0 heterocycles. The van der Waals surface area contributed by atoms with E-state index in [1.165, 1.54) is 14.2 Å². The fraction of sp³-hybridized carbons (Fsp3) is 0.857. The number of hydrogen-bond acceptors (Lipinski definition) is 11. The van der Waals surface area contributed by atoms with Crippen molar-refractivity contribution in [3.05, 3.63) is 0 Å². The van der Waals surface area contributed by atoms with E-state index in [0.29, 0.717) is 25.7 Å². The summed E-state index contributed by atoms with van der Waals surface area (Å²) < 4.78 is 53.4. The summed E-state index contributed by atoms with van der Waals surface area (Å²) in [4.78, 5) is 45.3. The van der Waals surface area contributed by atoms with Gasteiger partial charge >= 0.3 is 53.4 Å². The van der Waals surface area contributed by atoms with E-state index in [-0.39, 0.29) is 66.5 Å². The molecule has 0 spiro atoms. The SMILES string of the molecule is CCCCC(CC)COC(=O)CC(C(=O)OCC(CC)CCCC)S(=O)(=O)[O-].COC(=O)CCCCC(=O)OC.[Na+]. The van der Waals surface area contributed by atoms with Gasteiger partial charge in [-0.2, -0.15) is 0 Å². The molecule has 0 aromatic carbocycles. The molecule has 3 atom stereocenters. The molecule has 0 aliphatic rings. The molecule has 13 heteroatoms. The van der Waals surface area contributed by atoms with Crippen molar-refractivity contribution in [2.45, 2.75) is 116 Å². The number of ether oxygens (including phenoxy) is 4. The van der Waals surface area contributed by atoms with E-state index >= 15 is 0 Å². The van der Waals surface area contributed by atoms with Crippen LogP contribution >= 0.6 is 0 Å². The first-order valence-electron chi connectivity index (χ1n) is 14.3. The van der Waals surface area contributed by atoms with Gasteiger partial charge in [-0.05, 0) is 37.5 Å². The number of hydrogen-bond donors (Lipinski definition) is 0. The number of carbonyl (C=O) groups excluding carboxylic acids is 4. The topological polar surface area (TPSA) is 162 Å². The molecule has 0 radical (unpaired) electrons. The quantitative estimate of drug-likeness (QED) is 0.0605. The fourth-order valence-electron chi connectivity index (χ4n) is 3.56. The van der Waals surface area contributed by atoms with E-state index in [0.717, 1.165) is 51.4 Å². The van der Waals surface area contributed by atoms with E-state index in [2.05, 4.69) is 23.3 Å². The molecule has 0 amide bonds. The molecule has 0 bridgehead atoms. The summed E-state index contributed by atoms with van der Waals surface area (Å²) >= 11 is 0. The molecule has 0 N–H and O–H groups in total. The van der Waals surface area contributed by atoms with E-state index in [9.17, 15) is 32.1 Å². The van der Waals surface area contributed by atoms with Gasteiger partial charge in [0.1, 0.15) is 10.1 Å². The number of methoxy groups -OCH3 is 2. The van der Waals surface area contributed by atoms with Gasteiger partial charge in [0.15, 0.2) is 5.25 Å². The van der Waals surface area contributed by atoms with Gasteiger partial charge in [0.25, 0.3) is 0 Å².